The van der Waals surface area contributed by atoms with Crippen molar-refractivity contribution < 1.29 is 9.53 Å². The first-order chi connectivity index (χ1) is 10.2. The van der Waals surface area contributed by atoms with Crippen molar-refractivity contribution >= 4 is 11.6 Å². The number of carbonyl (C=O) groups excluding carboxylic acids is 1. The minimum atomic E-state index is -0.225. The zero-order valence-electron chi connectivity index (χ0n) is 13.3. The lowest BCUT2D eigenvalue weighted by Crippen LogP contribution is -2.25. The summed E-state index contributed by atoms with van der Waals surface area (Å²) in [6, 6.07) is 7.78. The quantitative estimate of drug-likeness (QED) is 0.557. The fourth-order valence-electron chi connectivity index (χ4n) is 1.84. The van der Waals surface area contributed by atoms with E-state index in [0.29, 0.717) is 5.75 Å². The Morgan fingerprint density at radius 3 is 2.48 bits per heavy atom. The highest BCUT2D eigenvalue weighted by Gasteiger charge is 2.03. The van der Waals surface area contributed by atoms with E-state index in [2.05, 4.69) is 24.4 Å². The van der Waals surface area contributed by atoms with Gasteiger partial charge in [0, 0.05) is 5.71 Å². The second kappa shape index (κ2) is 9.97. The van der Waals surface area contributed by atoms with E-state index in [1.54, 1.807) is 0 Å². The average molecular weight is 290 g/mol. The van der Waals surface area contributed by atoms with Crippen LogP contribution in [0.15, 0.2) is 29.4 Å². The van der Waals surface area contributed by atoms with Crippen LogP contribution >= 0.6 is 0 Å². The Morgan fingerprint density at radius 1 is 1.19 bits per heavy atom. The van der Waals surface area contributed by atoms with Gasteiger partial charge in [-0.3, -0.25) is 4.79 Å². The second-order valence-corrected chi connectivity index (χ2v) is 4.96. The Balaban J connectivity index is 2.37. The molecule has 0 aliphatic heterocycles. The number of nitrogens with zero attached hydrogens (tertiary/aromatic N) is 1. The summed E-state index contributed by atoms with van der Waals surface area (Å²) in [5, 5.41) is 4.16. The van der Waals surface area contributed by atoms with E-state index in [4.69, 9.17) is 4.74 Å². The predicted molar refractivity (Wildman–Crippen MR) is 86.7 cm³/mol. The van der Waals surface area contributed by atoms with Crippen LogP contribution in [-0.2, 0) is 11.2 Å². The Kier molecular flexibility index (Phi) is 8.17. The molecular weight excluding hydrogens is 264 g/mol. The molecule has 21 heavy (non-hydrogen) atoms. The molecule has 0 aliphatic rings. The first kappa shape index (κ1) is 17.2. The number of ether oxygens (including phenoxy) is 1. The van der Waals surface area contributed by atoms with Gasteiger partial charge in [0.15, 0.2) is 6.61 Å². The maximum Gasteiger partial charge on any atom is 0.277 e. The lowest BCUT2D eigenvalue weighted by atomic mass is 10.1. The molecule has 0 unspecified atom stereocenters. The molecule has 0 spiro atoms. The van der Waals surface area contributed by atoms with Gasteiger partial charge in [-0.15, -0.1) is 0 Å². The number of hydrogen-bond donors (Lipinski definition) is 1. The van der Waals surface area contributed by atoms with E-state index in [1.165, 1.54) is 5.56 Å². The van der Waals surface area contributed by atoms with Crippen molar-refractivity contribution in [2.75, 3.05) is 6.61 Å². The molecule has 1 N–H and O–H groups in total. The van der Waals surface area contributed by atoms with Crippen LogP contribution in [0.5, 0.6) is 5.75 Å². The summed E-state index contributed by atoms with van der Waals surface area (Å²) in [5.41, 5.74) is 4.83. The molecule has 1 aromatic carbocycles. The molecule has 0 aromatic heterocycles. The van der Waals surface area contributed by atoms with Gasteiger partial charge >= 0.3 is 0 Å². The van der Waals surface area contributed by atoms with Crippen LogP contribution in [0.3, 0.4) is 0 Å². The lowest BCUT2D eigenvalue weighted by molar-refractivity contribution is -0.123. The third-order valence-electron chi connectivity index (χ3n) is 3.27. The number of hydrogen-bond acceptors (Lipinski definition) is 3. The topological polar surface area (TPSA) is 50.7 Å². The SMILES string of the molecule is CCCC/C(CC)=N/NC(=O)COc1ccc(CC)cc1. The number of rotatable bonds is 9. The minimum Gasteiger partial charge on any atom is -0.484 e. The number of hydrazone groups is 1. The second-order valence-electron chi connectivity index (χ2n) is 4.96. The normalized spacial score (nSPS) is 11.3. The van der Waals surface area contributed by atoms with Gasteiger partial charge in [0.05, 0.1) is 0 Å². The van der Waals surface area contributed by atoms with Gasteiger partial charge in [-0.2, -0.15) is 5.10 Å². The van der Waals surface area contributed by atoms with Gasteiger partial charge < -0.3 is 4.74 Å². The van der Waals surface area contributed by atoms with Crippen molar-refractivity contribution in [3.8, 4) is 5.75 Å². The van der Waals surface area contributed by atoms with E-state index in [9.17, 15) is 4.79 Å². The molecule has 0 heterocycles. The molecule has 0 saturated heterocycles. The van der Waals surface area contributed by atoms with Crippen LogP contribution in [0.1, 0.15) is 52.0 Å². The number of benzene rings is 1. The van der Waals surface area contributed by atoms with Crippen LogP contribution in [0.2, 0.25) is 0 Å². The van der Waals surface area contributed by atoms with Gasteiger partial charge in [-0.05, 0) is 43.4 Å². The van der Waals surface area contributed by atoms with E-state index < -0.39 is 0 Å². The minimum absolute atomic E-state index is 0.0141. The number of carbonyl (C=O) groups is 1. The number of nitrogens with one attached hydrogen (secondary N) is 1. The molecule has 0 aliphatic carbocycles. The number of unbranched alkanes of at least 4 members (excludes halogenated alkanes) is 1. The van der Waals surface area contributed by atoms with Crippen LogP contribution in [0, 0.1) is 0 Å². The highest BCUT2D eigenvalue weighted by molar-refractivity contribution is 5.86. The largest absolute Gasteiger partial charge is 0.484 e. The highest BCUT2D eigenvalue weighted by Crippen LogP contribution is 2.12. The summed E-state index contributed by atoms with van der Waals surface area (Å²) in [7, 11) is 0. The number of amides is 1. The maximum atomic E-state index is 11.7. The number of aryl methyl sites for hydroxylation is 1. The van der Waals surface area contributed by atoms with Gasteiger partial charge in [0.25, 0.3) is 5.91 Å². The van der Waals surface area contributed by atoms with Crippen LogP contribution < -0.4 is 10.2 Å². The van der Waals surface area contributed by atoms with Gasteiger partial charge in [0.2, 0.25) is 0 Å². The van der Waals surface area contributed by atoms with Crippen molar-refractivity contribution in [1.29, 1.82) is 0 Å². The summed E-state index contributed by atoms with van der Waals surface area (Å²) < 4.78 is 5.43. The standard InChI is InChI=1S/C17H26N2O2/c1-4-7-8-15(6-3)18-19-17(20)13-21-16-11-9-14(5-2)10-12-16/h9-12H,4-8,13H2,1-3H3,(H,19,20)/b18-15+. The molecule has 116 valence electrons. The molecule has 1 rings (SSSR count). The molecule has 4 heteroatoms. The molecular formula is C17H26N2O2. The summed E-state index contributed by atoms with van der Waals surface area (Å²) in [5.74, 6) is 0.477. The summed E-state index contributed by atoms with van der Waals surface area (Å²) in [4.78, 5) is 11.7. The van der Waals surface area contributed by atoms with Gasteiger partial charge in [0.1, 0.15) is 5.75 Å². The Bertz CT molecular complexity index is 452. The Hall–Kier alpha value is -1.84. The van der Waals surface area contributed by atoms with E-state index in [1.807, 2.05) is 31.2 Å². The maximum absolute atomic E-state index is 11.7. The third-order valence-corrected chi connectivity index (χ3v) is 3.27. The monoisotopic (exact) mass is 290 g/mol. The Morgan fingerprint density at radius 2 is 1.90 bits per heavy atom. The van der Waals surface area contributed by atoms with E-state index in [-0.39, 0.29) is 12.5 Å². The molecule has 0 saturated carbocycles. The third kappa shape index (κ3) is 6.93. The molecule has 1 aromatic rings. The fraction of sp³-hybridized carbons (Fsp3) is 0.529. The van der Waals surface area contributed by atoms with Crippen molar-refractivity contribution in [1.82, 2.24) is 5.43 Å². The molecule has 0 bridgehead atoms. The van der Waals surface area contributed by atoms with E-state index >= 15 is 0 Å². The first-order valence-corrected chi connectivity index (χ1v) is 7.75. The predicted octanol–water partition coefficient (Wildman–Crippen LogP) is 3.70. The van der Waals surface area contributed by atoms with Gasteiger partial charge in [-0.1, -0.05) is 39.3 Å². The van der Waals surface area contributed by atoms with E-state index in [0.717, 1.165) is 37.8 Å². The van der Waals surface area contributed by atoms with Crippen molar-refractivity contribution in [3.63, 3.8) is 0 Å². The van der Waals surface area contributed by atoms with Crippen molar-refractivity contribution in [3.05, 3.63) is 29.8 Å². The smallest absolute Gasteiger partial charge is 0.277 e. The van der Waals surface area contributed by atoms with Crippen LogP contribution in [-0.4, -0.2) is 18.2 Å². The average Bonchev–Trinajstić information content (AvgIpc) is 2.53. The molecule has 0 atom stereocenters. The van der Waals surface area contributed by atoms with Crippen LogP contribution in [0.25, 0.3) is 0 Å². The molecule has 1 amide bonds. The van der Waals surface area contributed by atoms with Gasteiger partial charge in [-0.25, -0.2) is 5.43 Å². The summed E-state index contributed by atoms with van der Waals surface area (Å²) in [6.07, 6.45) is 5.02. The lowest BCUT2D eigenvalue weighted by Gasteiger charge is -2.07. The van der Waals surface area contributed by atoms with Crippen LogP contribution in [0.4, 0.5) is 0 Å². The first-order valence-electron chi connectivity index (χ1n) is 7.75. The summed E-state index contributed by atoms with van der Waals surface area (Å²) >= 11 is 0. The summed E-state index contributed by atoms with van der Waals surface area (Å²) in [6.45, 7) is 6.28. The molecule has 4 nitrogen and oxygen atoms in total. The molecule has 0 radical (unpaired) electrons. The zero-order chi connectivity index (χ0) is 15.5. The van der Waals surface area contributed by atoms with Crippen molar-refractivity contribution in [2.24, 2.45) is 5.10 Å². The zero-order valence-corrected chi connectivity index (χ0v) is 13.3. The van der Waals surface area contributed by atoms with Crippen molar-refractivity contribution in [2.45, 2.75) is 52.9 Å². The molecule has 0 fully saturated rings. The fourth-order valence-corrected chi connectivity index (χ4v) is 1.84. The highest BCUT2D eigenvalue weighted by atomic mass is 16.5. The Labute approximate surface area is 127 Å².